The number of aromatic nitrogens is 2. The van der Waals surface area contributed by atoms with Crippen LogP contribution in [-0.4, -0.2) is 32.8 Å². The fraction of sp³-hybridized carbons (Fsp3) is 0.115. The van der Waals surface area contributed by atoms with Gasteiger partial charge >= 0.3 is 0 Å². The molecule has 4 rings (SSSR count). The van der Waals surface area contributed by atoms with Gasteiger partial charge in [-0.15, -0.1) is 0 Å². The monoisotopic (exact) mass is 485 g/mol. The zero-order valence-electron chi connectivity index (χ0n) is 19.2. The van der Waals surface area contributed by atoms with Crippen molar-refractivity contribution in [2.24, 2.45) is 0 Å². The van der Waals surface area contributed by atoms with E-state index >= 15 is 0 Å². The molecule has 2 amide bonds. The first-order chi connectivity index (χ1) is 17.5. The maximum atomic E-state index is 12.9. The Labute approximate surface area is 206 Å². The third-order valence-corrected chi connectivity index (χ3v) is 5.22. The molecule has 10 nitrogen and oxygen atoms in total. The van der Waals surface area contributed by atoms with E-state index in [2.05, 4.69) is 15.6 Å². The molecule has 0 unspecified atom stereocenters. The molecule has 182 valence electrons. The Hall–Kier alpha value is -4.99. The predicted molar refractivity (Wildman–Crippen MR) is 133 cm³/mol. The number of carbonyl (C=O) groups is 2. The molecule has 0 bridgehead atoms. The first kappa shape index (κ1) is 24.1. The number of nitrogens with zero attached hydrogens (tertiary/aromatic N) is 3. The van der Waals surface area contributed by atoms with Crippen LogP contribution in [0.5, 0.6) is 0 Å². The number of imidazole rings is 1. The normalized spacial score (nSPS) is 11.2. The van der Waals surface area contributed by atoms with Gasteiger partial charge in [0.1, 0.15) is 17.2 Å². The number of rotatable bonds is 10. The molecule has 4 aromatic rings. The smallest absolute Gasteiger partial charge is 0.270 e. The van der Waals surface area contributed by atoms with E-state index in [0.29, 0.717) is 42.2 Å². The SMILES string of the molecule is O=C(NCCCn1ccnc1)/C(=C\c1ccc(-c2cccc([N+](=O)[O-])c2)o1)NC(=O)c1ccccc1. The van der Waals surface area contributed by atoms with E-state index in [1.807, 2.05) is 10.8 Å². The van der Waals surface area contributed by atoms with Crippen molar-refractivity contribution in [3.8, 4) is 11.3 Å². The van der Waals surface area contributed by atoms with E-state index in [1.54, 1.807) is 67.1 Å². The van der Waals surface area contributed by atoms with Gasteiger partial charge in [-0.05, 0) is 30.7 Å². The lowest BCUT2D eigenvalue weighted by atomic mass is 10.1. The van der Waals surface area contributed by atoms with E-state index in [0.717, 1.165) is 0 Å². The first-order valence-corrected chi connectivity index (χ1v) is 11.2. The van der Waals surface area contributed by atoms with Crippen molar-refractivity contribution in [2.45, 2.75) is 13.0 Å². The van der Waals surface area contributed by atoms with Gasteiger partial charge in [-0.3, -0.25) is 19.7 Å². The molecular formula is C26H23N5O5. The summed E-state index contributed by atoms with van der Waals surface area (Å²) in [5.74, 6) is -0.230. The van der Waals surface area contributed by atoms with Gasteiger partial charge in [-0.1, -0.05) is 30.3 Å². The molecule has 36 heavy (non-hydrogen) atoms. The molecule has 0 radical (unpaired) electrons. The number of hydrogen-bond acceptors (Lipinski definition) is 6. The number of nitro benzene ring substituents is 1. The maximum Gasteiger partial charge on any atom is 0.270 e. The molecule has 0 spiro atoms. The predicted octanol–water partition coefficient (Wildman–Crippen LogP) is 4.03. The minimum absolute atomic E-state index is 0.00595. The highest BCUT2D eigenvalue weighted by molar-refractivity contribution is 6.05. The zero-order valence-corrected chi connectivity index (χ0v) is 19.2. The lowest BCUT2D eigenvalue weighted by molar-refractivity contribution is -0.384. The fourth-order valence-corrected chi connectivity index (χ4v) is 3.42. The summed E-state index contributed by atoms with van der Waals surface area (Å²) in [6.45, 7) is 1.06. The van der Waals surface area contributed by atoms with Gasteiger partial charge in [-0.2, -0.15) is 0 Å². The number of amides is 2. The summed E-state index contributed by atoms with van der Waals surface area (Å²) in [5, 5.41) is 16.5. The van der Waals surface area contributed by atoms with Crippen LogP contribution < -0.4 is 10.6 Å². The van der Waals surface area contributed by atoms with E-state index < -0.39 is 16.7 Å². The van der Waals surface area contributed by atoms with Crippen molar-refractivity contribution >= 4 is 23.6 Å². The standard InChI is InChI=1S/C26H23N5O5/c32-25(19-6-2-1-3-7-19)29-23(26(33)28-12-5-14-30-15-13-27-18-30)17-22-10-11-24(36-22)20-8-4-9-21(16-20)31(34)35/h1-4,6-11,13,15-18H,5,12,14H2,(H,28,33)(H,29,32)/b23-17+. The van der Waals surface area contributed by atoms with Crippen LogP contribution in [-0.2, 0) is 11.3 Å². The second-order valence-corrected chi connectivity index (χ2v) is 7.80. The minimum atomic E-state index is -0.485. The molecule has 2 aromatic carbocycles. The van der Waals surface area contributed by atoms with Gasteiger partial charge < -0.3 is 19.6 Å². The molecule has 0 aliphatic heterocycles. The molecule has 0 fully saturated rings. The average molecular weight is 486 g/mol. The molecule has 0 atom stereocenters. The van der Waals surface area contributed by atoms with Crippen molar-refractivity contribution in [3.63, 3.8) is 0 Å². The number of benzene rings is 2. The van der Waals surface area contributed by atoms with Crippen molar-refractivity contribution in [1.29, 1.82) is 0 Å². The van der Waals surface area contributed by atoms with Gasteiger partial charge in [0, 0.05) is 54.8 Å². The Kier molecular flexibility index (Phi) is 7.66. The number of aryl methyl sites for hydroxylation is 1. The van der Waals surface area contributed by atoms with E-state index in [9.17, 15) is 19.7 Å². The highest BCUT2D eigenvalue weighted by Gasteiger charge is 2.16. The van der Waals surface area contributed by atoms with E-state index in [4.69, 9.17) is 4.42 Å². The number of nitro groups is 1. The Balaban J connectivity index is 1.51. The number of hydrogen-bond donors (Lipinski definition) is 2. The molecule has 0 aliphatic carbocycles. The van der Waals surface area contributed by atoms with Crippen LogP contribution >= 0.6 is 0 Å². The van der Waals surface area contributed by atoms with Crippen LogP contribution in [0.1, 0.15) is 22.5 Å². The van der Waals surface area contributed by atoms with Gasteiger partial charge in [0.15, 0.2) is 0 Å². The summed E-state index contributed by atoms with van der Waals surface area (Å²) in [4.78, 5) is 40.3. The Bertz CT molecular complexity index is 1380. The summed E-state index contributed by atoms with van der Waals surface area (Å²) in [5.41, 5.74) is 0.856. The molecule has 2 heterocycles. The maximum absolute atomic E-state index is 12.9. The van der Waals surface area contributed by atoms with Crippen molar-refractivity contribution in [2.75, 3.05) is 6.54 Å². The molecule has 10 heteroatoms. The van der Waals surface area contributed by atoms with Crippen molar-refractivity contribution in [1.82, 2.24) is 20.2 Å². The Morgan fingerprint density at radius 1 is 1.08 bits per heavy atom. The summed E-state index contributed by atoms with van der Waals surface area (Å²) < 4.78 is 7.71. The third-order valence-electron chi connectivity index (χ3n) is 5.22. The number of furan rings is 1. The third kappa shape index (κ3) is 6.32. The molecule has 0 saturated heterocycles. The minimum Gasteiger partial charge on any atom is -0.457 e. The number of nitrogens with one attached hydrogen (secondary N) is 2. The molecule has 0 saturated carbocycles. The molecule has 2 N–H and O–H groups in total. The van der Waals surface area contributed by atoms with Crippen LogP contribution in [0.3, 0.4) is 0 Å². The molecular weight excluding hydrogens is 462 g/mol. The van der Waals surface area contributed by atoms with E-state index in [-0.39, 0.29) is 11.4 Å². The average Bonchev–Trinajstić information content (AvgIpc) is 3.59. The number of carbonyl (C=O) groups excluding carboxylic acids is 2. The van der Waals surface area contributed by atoms with Gasteiger partial charge in [-0.25, -0.2) is 4.98 Å². The highest BCUT2D eigenvalue weighted by atomic mass is 16.6. The van der Waals surface area contributed by atoms with Crippen LogP contribution in [0, 0.1) is 10.1 Å². The highest BCUT2D eigenvalue weighted by Crippen LogP contribution is 2.26. The summed E-state index contributed by atoms with van der Waals surface area (Å²) in [6, 6.07) is 17.8. The van der Waals surface area contributed by atoms with Crippen LogP contribution in [0.2, 0.25) is 0 Å². The number of non-ortho nitro benzene ring substituents is 1. The Morgan fingerprint density at radius 2 is 1.92 bits per heavy atom. The Morgan fingerprint density at radius 3 is 2.67 bits per heavy atom. The van der Waals surface area contributed by atoms with Crippen molar-refractivity contribution < 1.29 is 18.9 Å². The van der Waals surface area contributed by atoms with Gasteiger partial charge in [0.25, 0.3) is 17.5 Å². The van der Waals surface area contributed by atoms with Crippen molar-refractivity contribution in [3.05, 3.63) is 113 Å². The summed E-state index contributed by atoms with van der Waals surface area (Å²) in [6.07, 6.45) is 7.31. The zero-order chi connectivity index (χ0) is 25.3. The van der Waals surface area contributed by atoms with Crippen LogP contribution in [0.25, 0.3) is 17.4 Å². The second kappa shape index (κ2) is 11.4. The fourth-order valence-electron chi connectivity index (χ4n) is 3.42. The van der Waals surface area contributed by atoms with Crippen LogP contribution in [0.4, 0.5) is 5.69 Å². The largest absolute Gasteiger partial charge is 0.457 e. The second-order valence-electron chi connectivity index (χ2n) is 7.80. The summed E-state index contributed by atoms with van der Waals surface area (Å²) >= 11 is 0. The van der Waals surface area contributed by atoms with Crippen LogP contribution in [0.15, 0.2) is 95.6 Å². The quantitative estimate of drug-likeness (QED) is 0.151. The van der Waals surface area contributed by atoms with Gasteiger partial charge in [0.2, 0.25) is 0 Å². The first-order valence-electron chi connectivity index (χ1n) is 11.2. The molecule has 2 aromatic heterocycles. The lowest BCUT2D eigenvalue weighted by Crippen LogP contribution is -2.35. The topological polar surface area (TPSA) is 132 Å². The van der Waals surface area contributed by atoms with Gasteiger partial charge in [0.05, 0.1) is 11.3 Å². The summed E-state index contributed by atoms with van der Waals surface area (Å²) in [7, 11) is 0. The lowest BCUT2D eigenvalue weighted by Gasteiger charge is -2.11. The molecule has 0 aliphatic rings. The van der Waals surface area contributed by atoms with E-state index in [1.165, 1.54) is 18.2 Å².